The van der Waals surface area contributed by atoms with Gasteiger partial charge in [-0.05, 0) is 56.5 Å². The van der Waals surface area contributed by atoms with Crippen molar-refractivity contribution in [3.8, 4) is 11.8 Å². The van der Waals surface area contributed by atoms with Crippen LogP contribution in [0, 0.1) is 18.8 Å². The zero-order valence-electron chi connectivity index (χ0n) is 13.3. The van der Waals surface area contributed by atoms with E-state index in [9.17, 15) is 0 Å². The Morgan fingerprint density at radius 2 is 1.12 bits per heavy atom. The van der Waals surface area contributed by atoms with E-state index >= 15 is 0 Å². The zero-order valence-corrected chi connectivity index (χ0v) is 14.9. The van der Waals surface area contributed by atoms with Crippen LogP contribution in [-0.4, -0.2) is 0 Å². The molecule has 0 unspecified atom stereocenters. The number of halogens is 1. The summed E-state index contributed by atoms with van der Waals surface area (Å²) in [5, 5.41) is 4.76. The van der Waals surface area contributed by atoms with E-state index in [0.29, 0.717) is 0 Å². The van der Waals surface area contributed by atoms with Gasteiger partial charge in [-0.3, -0.25) is 0 Å². The van der Waals surface area contributed by atoms with Gasteiger partial charge < -0.3 is 0 Å². The zero-order chi connectivity index (χ0) is 16.5. The lowest BCUT2D eigenvalue weighted by molar-refractivity contribution is 1.46. The molecule has 0 aliphatic rings. The maximum absolute atomic E-state index is 3.77. The second-order valence-electron chi connectivity index (χ2n) is 5.90. The Morgan fingerprint density at radius 1 is 0.625 bits per heavy atom. The molecule has 0 N–H and O–H groups in total. The third kappa shape index (κ3) is 2.60. The highest BCUT2D eigenvalue weighted by Gasteiger charge is 2.10. The summed E-state index contributed by atoms with van der Waals surface area (Å²) in [6, 6.07) is 25.2. The van der Waals surface area contributed by atoms with Crippen LogP contribution in [0.5, 0.6) is 0 Å². The predicted octanol–water partition coefficient (Wildman–Crippen LogP) is 6.46. The fourth-order valence-electron chi connectivity index (χ4n) is 2.98. The standard InChI is InChI=1S/C23H15Br/c1-16-10-12-17(13-11-16)14-15-20-18-6-2-4-8-21(18)23(24)22-9-5-3-7-19(20)22/h2-13H,1H3. The van der Waals surface area contributed by atoms with Gasteiger partial charge in [-0.1, -0.05) is 78.1 Å². The number of aryl methyl sites for hydroxylation is 1. The number of hydrogen-bond donors (Lipinski definition) is 0. The van der Waals surface area contributed by atoms with E-state index in [1.807, 2.05) is 0 Å². The van der Waals surface area contributed by atoms with E-state index in [-0.39, 0.29) is 0 Å². The summed E-state index contributed by atoms with van der Waals surface area (Å²) >= 11 is 3.77. The van der Waals surface area contributed by atoms with Crippen molar-refractivity contribution >= 4 is 37.5 Å². The van der Waals surface area contributed by atoms with Gasteiger partial charge >= 0.3 is 0 Å². The molecule has 4 aromatic rings. The molecule has 4 aromatic carbocycles. The number of hydrogen-bond acceptors (Lipinski definition) is 0. The summed E-state index contributed by atoms with van der Waals surface area (Å²) in [5.41, 5.74) is 3.38. The molecule has 0 heterocycles. The molecule has 0 fully saturated rings. The highest BCUT2D eigenvalue weighted by Crippen LogP contribution is 2.35. The summed E-state index contributed by atoms with van der Waals surface area (Å²) in [6.07, 6.45) is 0. The van der Waals surface area contributed by atoms with Crippen LogP contribution in [0.3, 0.4) is 0 Å². The Morgan fingerprint density at radius 3 is 1.67 bits per heavy atom. The van der Waals surface area contributed by atoms with E-state index in [0.717, 1.165) is 15.6 Å². The molecule has 0 bridgehead atoms. The second-order valence-corrected chi connectivity index (χ2v) is 6.69. The summed E-state index contributed by atoms with van der Waals surface area (Å²) < 4.78 is 1.13. The fourth-order valence-corrected chi connectivity index (χ4v) is 3.67. The first-order valence-electron chi connectivity index (χ1n) is 7.92. The monoisotopic (exact) mass is 370 g/mol. The second kappa shape index (κ2) is 6.15. The van der Waals surface area contributed by atoms with Gasteiger partial charge in [-0.15, -0.1) is 0 Å². The van der Waals surface area contributed by atoms with Gasteiger partial charge in [-0.25, -0.2) is 0 Å². The quantitative estimate of drug-likeness (QED) is 0.246. The largest absolute Gasteiger partial charge is 0.0616 e. The van der Waals surface area contributed by atoms with Gasteiger partial charge in [0.1, 0.15) is 0 Å². The van der Waals surface area contributed by atoms with Gasteiger partial charge in [0.2, 0.25) is 0 Å². The first kappa shape index (κ1) is 15.0. The van der Waals surface area contributed by atoms with E-state index in [1.165, 1.54) is 27.1 Å². The lowest BCUT2D eigenvalue weighted by Crippen LogP contribution is -1.87. The average Bonchev–Trinajstić information content (AvgIpc) is 2.63. The van der Waals surface area contributed by atoms with E-state index in [4.69, 9.17) is 0 Å². The third-order valence-corrected chi connectivity index (χ3v) is 5.10. The Kier molecular flexibility index (Phi) is 3.84. The molecule has 0 nitrogen and oxygen atoms in total. The lowest BCUT2D eigenvalue weighted by atomic mass is 9.97. The molecule has 4 rings (SSSR count). The Bertz CT molecular complexity index is 1050. The molecule has 0 radical (unpaired) electrons. The van der Waals surface area contributed by atoms with Crippen molar-refractivity contribution in [3.63, 3.8) is 0 Å². The molecule has 114 valence electrons. The van der Waals surface area contributed by atoms with Gasteiger partial charge in [-0.2, -0.15) is 0 Å². The normalized spacial score (nSPS) is 10.6. The molecule has 0 saturated carbocycles. The molecule has 0 atom stereocenters. The van der Waals surface area contributed by atoms with Gasteiger partial charge in [0.05, 0.1) is 0 Å². The first-order chi connectivity index (χ1) is 11.7. The van der Waals surface area contributed by atoms with Crippen molar-refractivity contribution in [3.05, 3.63) is 94.0 Å². The van der Waals surface area contributed by atoms with E-state index in [1.54, 1.807) is 0 Å². The van der Waals surface area contributed by atoms with Gasteiger partial charge in [0.15, 0.2) is 0 Å². The Hall–Kier alpha value is -2.56. The molecule has 0 aliphatic carbocycles. The number of rotatable bonds is 0. The molecule has 0 amide bonds. The number of fused-ring (bicyclic) bond motifs is 2. The summed E-state index contributed by atoms with van der Waals surface area (Å²) in [7, 11) is 0. The maximum atomic E-state index is 3.77. The van der Waals surface area contributed by atoms with Crippen molar-refractivity contribution in [2.75, 3.05) is 0 Å². The van der Waals surface area contributed by atoms with Crippen molar-refractivity contribution < 1.29 is 0 Å². The van der Waals surface area contributed by atoms with Crippen LogP contribution in [0.2, 0.25) is 0 Å². The predicted molar refractivity (Wildman–Crippen MR) is 106 cm³/mol. The van der Waals surface area contributed by atoms with Crippen LogP contribution < -0.4 is 0 Å². The van der Waals surface area contributed by atoms with Crippen LogP contribution in [0.4, 0.5) is 0 Å². The summed E-state index contributed by atoms with van der Waals surface area (Å²) in [4.78, 5) is 0. The van der Waals surface area contributed by atoms with Gasteiger partial charge in [0, 0.05) is 15.6 Å². The SMILES string of the molecule is Cc1ccc(C#Cc2c3ccccc3c(Br)c3ccccc23)cc1. The van der Waals surface area contributed by atoms with E-state index < -0.39 is 0 Å². The Labute approximate surface area is 150 Å². The topological polar surface area (TPSA) is 0 Å². The smallest absolute Gasteiger partial charge is 0.0406 e. The fraction of sp³-hybridized carbons (Fsp3) is 0.0435. The van der Waals surface area contributed by atoms with Crippen LogP contribution in [0.1, 0.15) is 16.7 Å². The van der Waals surface area contributed by atoms with Crippen molar-refractivity contribution in [2.45, 2.75) is 6.92 Å². The average molecular weight is 371 g/mol. The lowest BCUT2D eigenvalue weighted by Gasteiger charge is -2.09. The van der Waals surface area contributed by atoms with Crippen molar-refractivity contribution in [2.24, 2.45) is 0 Å². The van der Waals surface area contributed by atoms with Crippen LogP contribution in [-0.2, 0) is 0 Å². The maximum Gasteiger partial charge on any atom is 0.0406 e. The molecule has 0 saturated heterocycles. The van der Waals surface area contributed by atoms with Crippen LogP contribution in [0.15, 0.2) is 77.3 Å². The van der Waals surface area contributed by atoms with Crippen LogP contribution >= 0.6 is 15.9 Å². The molecule has 0 aliphatic heterocycles. The highest BCUT2D eigenvalue weighted by molar-refractivity contribution is 9.10. The minimum Gasteiger partial charge on any atom is -0.0616 e. The number of benzene rings is 4. The first-order valence-corrected chi connectivity index (χ1v) is 8.71. The molecular weight excluding hydrogens is 356 g/mol. The molecule has 0 spiro atoms. The molecular formula is C23H15Br. The minimum absolute atomic E-state index is 1.04. The molecule has 1 heteroatoms. The van der Waals surface area contributed by atoms with Gasteiger partial charge in [0.25, 0.3) is 0 Å². The minimum atomic E-state index is 1.04. The third-order valence-electron chi connectivity index (χ3n) is 4.25. The van der Waals surface area contributed by atoms with Crippen molar-refractivity contribution in [1.29, 1.82) is 0 Å². The highest BCUT2D eigenvalue weighted by atomic mass is 79.9. The van der Waals surface area contributed by atoms with Crippen LogP contribution in [0.25, 0.3) is 21.5 Å². The van der Waals surface area contributed by atoms with Crippen molar-refractivity contribution in [1.82, 2.24) is 0 Å². The summed E-state index contributed by atoms with van der Waals surface area (Å²) in [6.45, 7) is 2.09. The molecule has 24 heavy (non-hydrogen) atoms. The Balaban J connectivity index is 2.03. The summed E-state index contributed by atoms with van der Waals surface area (Å²) in [5.74, 6) is 6.75. The molecule has 0 aromatic heterocycles. The van der Waals surface area contributed by atoms with E-state index in [2.05, 4.69) is 107 Å².